The summed E-state index contributed by atoms with van der Waals surface area (Å²) in [5, 5.41) is 8.52. The van der Waals surface area contributed by atoms with Crippen LogP contribution in [0.15, 0.2) is 10.4 Å². The molecular weight excluding hydrogens is 180 g/mol. The van der Waals surface area contributed by atoms with Gasteiger partial charge in [-0.2, -0.15) is 9.64 Å². The highest BCUT2D eigenvalue weighted by Gasteiger charge is 2.03. The normalized spacial score (nSPS) is 9.00. The third-order valence-electron chi connectivity index (χ3n) is 0.940. The monoisotopic (exact) mass is 184 g/mol. The highest BCUT2D eigenvalue weighted by Crippen LogP contribution is 2.24. The Hall–Kier alpha value is -0.860. The summed E-state index contributed by atoms with van der Waals surface area (Å²) in [6.45, 7) is 0. The molecular formula is C6H4N2OS2. The molecule has 1 aromatic heterocycles. The number of thioether (sulfide) groups is 1. The molecule has 0 unspecified atom stereocenters. The lowest BCUT2D eigenvalue weighted by molar-refractivity contribution is -0.105. The van der Waals surface area contributed by atoms with Crippen LogP contribution in [0, 0.1) is 11.3 Å². The number of nitriles is 1. The van der Waals surface area contributed by atoms with Crippen LogP contribution in [0.3, 0.4) is 0 Å². The lowest BCUT2D eigenvalue weighted by Gasteiger charge is -1.87. The van der Waals surface area contributed by atoms with E-state index in [9.17, 15) is 4.79 Å². The molecule has 0 amide bonds. The van der Waals surface area contributed by atoms with Gasteiger partial charge in [0, 0.05) is 0 Å². The summed E-state index contributed by atoms with van der Waals surface area (Å²) in [7, 11) is 0. The van der Waals surface area contributed by atoms with Gasteiger partial charge in [0.05, 0.1) is 21.7 Å². The number of carbonyl (C=O) groups is 1. The third kappa shape index (κ3) is 2.03. The molecule has 5 heteroatoms. The Bertz CT molecular complexity index is 289. The number of hydrogen-bond acceptors (Lipinski definition) is 5. The van der Waals surface area contributed by atoms with Gasteiger partial charge in [-0.3, -0.25) is 0 Å². The van der Waals surface area contributed by atoms with Crippen LogP contribution in [0.4, 0.5) is 0 Å². The topological polar surface area (TPSA) is 53.8 Å². The molecule has 0 spiro atoms. The fraction of sp³-hybridized carbons (Fsp3) is 0.167. The summed E-state index contributed by atoms with van der Waals surface area (Å²) in [4.78, 5) is 9.98. The SMILES string of the molecule is N#Cc1cnsc1SCC=O. The molecule has 0 aliphatic heterocycles. The van der Waals surface area contributed by atoms with Gasteiger partial charge in [-0.15, -0.1) is 11.8 Å². The Labute approximate surface area is 72.2 Å². The van der Waals surface area contributed by atoms with Crippen molar-refractivity contribution in [3.05, 3.63) is 11.8 Å². The Kier molecular flexibility index (Phi) is 3.08. The maximum absolute atomic E-state index is 9.98. The number of hydrogen-bond donors (Lipinski definition) is 0. The molecule has 1 heterocycles. The zero-order chi connectivity index (χ0) is 8.10. The molecule has 3 nitrogen and oxygen atoms in total. The van der Waals surface area contributed by atoms with E-state index in [0.29, 0.717) is 11.3 Å². The molecule has 0 radical (unpaired) electrons. The summed E-state index contributed by atoms with van der Waals surface area (Å²) < 4.78 is 4.65. The number of aromatic nitrogens is 1. The van der Waals surface area contributed by atoms with Gasteiger partial charge in [0.25, 0.3) is 0 Å². The molecule has 56 valence electrons. The quantitative estimate of drug-likeness (QED) is 0.525. The van der Waals surface area contributed by atoms with Crippen molar-refractivity contribution < 1.29 is 4.79 Å². The van der Waals surface area contributed by atoms with E-state index in [1.165, 1.54) is 29.5 Å². The summed E-state index contributed by atoms with van der Waals surface area (Å²) in [5.74, 6) is 0.386. The fourth-order valence-corrected chi connectivity index (χ4v) is 1.98. The molecule has 1 aromatic rings. The first-order chi connectivity index (χ1) is 5.38. The van der Waals surface area contributed by atoms with E-state index in [2.05, 4.69) is 4.37 Å². The second kappa shape index (κ2) is 4.11. The molecule has 0 aliphatic carbocycles. The maximum Gasteiger partial charge on any atom is 0.130 e. The molecule has 0 fully saturated rings. The van der Waals surface area contributed by atoms with E-state index in [4.69, 9.17) is 5.26 Å². The first-order valence-electron chi connectivity index (χ1n) is 2.79. The van der Waals surface area contributed by atoms with E-state index in [-0.39, 0.29) is 0 Å². The smallest absolute Gasteiger partial charge is 0.130 e. The Balaban J connectivity index is 2.70. The van der Waals surface area contributed by atoms with E-state index < -0.39 is 0 Å². The number of carbonyl (C=O) groups excluding carboxylic acids is 1. The van der Waals surface area contributed by atoms with Crippen molar-refractivity contribution in [2.24, 2.45) is 0 Å². The van der Waals surface area contributed by atoms with Gasteiger partial charge in [-0.25, -0.2) is 0 Å². The standard InChI is InChI=1S/C6H4N2OS2/c7-3-5-4-8-11-6(5)10-2-1-9/h1,4H,2H2. The van der Waals surface area contributed by atoms with Gasteiger partial charge in [-0.1, -0.05) is 0 Å². The fourth-order valence-electron chi connectivity index (χ4n) is 0.517. The van der Waals surface area contributed by atoms with Crippen molar-refractivity contribution in [2.45, 2.75) is 4.21 Å². The summed E-state index contributed by atoms with van der Waals surface area (Å²) >= 11 is 2.59. The van der Waals surface area contributed by atoms with Crippen molar-refractivity contribution in [3.8, 4) is 6.07 Å². The minimum absolute atomic E-state index is 0.386. The van der Waals surface area contributed by atoms with E-state index in [1.54, 1.807) is 0 Å². The average molecular weight is 184 g/mol. The average Bonchev–Trinajstić information content (AvgIpc) is 2.47. The minimum Gasteiger partial charge on any atom is -0.302 e. The Morgan fingerprint density at radius 2 is 2.73 bits per heavy atom. The predicted molar refractivity (Wildman–Crippen MR) is 43.6 cm³/mol. The first-order valence-corrected chi connectivity index (χ1v) is 4.55. The molecule has 0 N–H and O–H groups in total. The Morgan fingerprint density at radius 1 is 1.91 bits per heavy atom. The van der Waals surface area contributed by atoms with Crippen molar-refractivity contribution in [1.29, 1.82) is 5.26 Å². The summed E-state index contributed by atoms with van der Waals surface area (Å²) in [5.41, 5.74) is 0.557. The van der Waals surface area contributed by atoms with Crippen molar-refractivity contribution in [3.63, 3.8) is 0 Å². The molecule has 0 saturated carbocycles. The van der Waals surface area contributed by atoms with Crippen molar-refractivity contribution in [1.82, 2.24) is 4.37 Å². The third-order valence-corrected chi connectivity index (χ3v) is 2.90. The lowest BCUT2D eigenvalue weighted by atomic mass is 10.4. The van der Waals surface area contributed by atoms with Crippen LogP contribution in [-0.4, -0.2) is 16.4 Å². The van der Waals surface area contributed by atoms with Crippen LogP contribution >= 0.6 is 23.3 Å². The largest absolute Gasteiger partial charge is 0.302 e. The second-order valence-corrected chi connectivity index (χ2v) is 3.71. The maximum atomic E-state index is 9.98. The predicted octanol–water partition coefficient (Wildman–Crippen LogP) is 1.31. The van der Waals surface area contributed by atoms with Crippen LogP contribution in [0.5, 0.6) is 0 Å². The molecule has 1 rings (SSSR count). The summed E-state index contributed by atoms with van der Waals surface area (Å²) in [6, 6.07) is 2.00. The van der Waals surface area contributed by atoms with Gasteiger partial charge in [0.2, 0.25) is 0 Å². The number of aldehydes is 1. The van der Waals surface area contributed by atoms with Gasteiger partial charge < -0.3 is 4.79 Å². The van der Waals surface area contributed by atoms with E-state index in [1.807, 2.05) is 6.07 Å². The first kappa shape index (κ1) is 8.24. The van der Waals surface area contributed by atoms with Gasteiger partial charge in [-0.05, 0) is 11.5 Å². The molecule has 0 bridgehead atoms. The minimum atomic E-state index is 0.386. The molecule has 0 aromatic carbocycles. The molecule has 11 heavy (non-hydrogen) atoms. The molecule has 0 atom stereocenters. The second-order valence-electron chi connectivity index (χ2n) is 1.62. The van der Waals surface area contributed by atoms with E-state index >= 15 is 0 Å². The van der Waals surface area contributed by atoms with Crippen LogP contribution < -0.4 is 0 Å². The van der Waals surface area contributed by atoms with Crippen LogP contribution in [-0.2, 0) is 4.79 Å². The Morgan fingerprint density at radius 3 is 3.36 bits per heavy atom. The van der Waals surface area contributed by atoms with Gasteiger partial charge >= 0.3 is 0 Å². The zero-order valence-corrected chi connectivity index (χ0v) is 7.11. The zero-order valence-electron chi connectivity index (χ0n) is 5.48. The number of rotatable bonds is 3. The van der Waals surface area contributed by atoms with Crippen LogP contribution in [0.2, 0.25) is 0 Å². The van der Waals surface area contributed by atoms with Crippen molar-refractivity contribution >= 4 is 29.6 Å². The van der Waals surface area contributed by atoms with Crippen LogP contribution in [0.25, 0.3) is 0 Å². The van der Waals surface area contributed by atoms with Gasteiger partial charge in [0.15, 0.2) is 0 Å². The lowest BCUT2D eigenvalue weighted by Crippen LogP contribution is -1.77. The van der Waals surface area contributed by atoms with Crippen molar-refractivity contribution in [2.75, 3.05) is 5.75 Å². The van der Waals surface area contributed by atoms with Crippen LogP contribution in [0.1, 0.15) is 5.56 Å². The molecule has 0 saturated heterocycles. The highest BCUT2D eigenvalue weighted by molar-refractivity contribution is 8.01. The number of nitrogens with zero attached hydrogens (tertiary/aromatic N) is 2. The highest BCUT2D eigenvalue weighted by atomic mass is 32.2. The molecule has 0 aliphatic rings. The van der Waals surface area contributed by atoms with Gasteiger partial charge in [0.1, 0.15) is 12.4 Å². The van der Waals surface area contributed by atoms with E-state index in [0.717, 1.165) is 10.5 Å². The summed E-state index contributed by atoms with van der Waals surface area (Å²) in [6.07, 6.45) is 2.32.